The van der Waals surface area contributed by atoms with E-state index in [2.05, 4.69) is 10.6 Å². The van der Waals surface area contributed by atoms with E-state index in [0.29, 0.717) is 17.1 Å². The van der Waals surface area contributed by atoms with Crippen molar-refractivity contribution in [3.8, 4) is 0 Å². The zero-order chi connectivity index (χ0) is 21.3. The van der Waals surface area contributed by atoms with Crippen LogP contribution in [-0.4, -0.2) is 11.8 Å². The molecular formula is C24H23ClN2O2S. The number of carbonyl (C=O) groups is 2. The Morgan fingerprint density at radius 2 is 1.57 bits per heavy atom. The molecule has 1 unspecified atom stereocenters. The number of hydrogen-bond donors (Lipinski definition) is 2. The first kappa shape index (κ1) is 21.9. The number of amides is 2. The third-order valence-electron chi connectivity index (χ3n) is 4.34. The molecule has 4 nitrogen and oxygen atoms in total. The van der Waals surface area contributed by atoms with Gasteiger partial charge < -0.3 is 10.6 Å². The number of benzene rings is 3. The Labute approximate surface area is 186 Å². The zero-order valence-electron chi connectivity index (χ0n) is 16.6. The molecule has 2 N–H and O–H groups in total. The van der Waals surface area contributed by atoms with Gasteiger partial charge in [0.2, 0.25) is 11.8 Å². The highest BCUT2D eigenvalue weighted by Crippen LogP contribution is 2.37. The van der Waals surface area contributed by atoms with Crippen molar-refractivity contribution < 1.29 is 9.59 Å². The molecule has 0 spiro atoms. The second-order valence-electron chi connectivity index (χ2n) is 6.70. The van der Waals surface area contributed by atoms with Gasteiger partial charge in [-0.25, -0.2) is 0 Å². The van der Waals surface area contributed by atoms with Crippen molar-refractivity contribution in [2.24, 2.45) is 0 Å². The van der Waals surface area contributed by atoms with Gasteiger partial charge in [0, 0.05) is 17.0 Å². The molecule has 0 radical (unpaired) electrons. The van der Waals surface area contributed by atoms with Gasteiger partial charge in [0.1, 0.15) is 5.25 Å². The van der Waals surface area contributed by atoms with Gasteiger partial charge in [-0.1, -0.05) is 61.0 Å². The Morgan fingerprint density at radius 1 is 0.900 bits per heavy atom. The number of rotatable bonds is 8. The Balaban J connectivity index is 1.77. The molecule has 0 heterocycles. The summed E-state index contributed by atoms with van der Waals surface area (Å²) in [6.07, 6.45) is 1.30. The van der Waals surface area contributed by atoms with Gasteiger partial charge in [0.25, 0.3) is 0 Å². The SMILES string of the molecule is CCCC(=O)Nc1ccc(SC(C(=O)Nc2ccccc2Cl)c2ccccc2)cc1. The lowest BCUT2D eigenvalue weighted by Crippen LogP contribution is -2.19. The van der Waals surface area contributed by atoms with E-state index in [-0.39, 0.29) is 11.8 Å². The molecule has 1 atom stereocenters. The minimum absolute atomic E-state index is 0.000757. The number of carbonyl (C=O) groups excluding carboxylic acids is 2. The van der Waals surface area contributed by atoms with E-state index in [1.807, 2.05) is 73.7 Å². The predicted octanol–water partition coefficient (Wildman–Crippen LogP) is 6.55. The van der Waals surface area contributed by atoms with Crippen LogP contribution >= 0.6 is 23.4 Å². The maximum Gasteiger partial charge on any atom is 0.242 e. The molecule has 6 heteroatoms. The van der Waals surface area contributed by atoms with Gasteiger partial charge in [-0.15, -0.1) is 11.8 Å². The Hall–Kier alpha value is -2.76. The zero-order valence-corrected chi connectivity index (χ0v) is 18.2. The quantitative estimate of drug-likeness (QED) is 0.392. The third kappa shape index (κ3) is 6.12. The van der Waals surface area contributed by atoms with Crippen LogP contribution in [0.25, 0.3) is 0 Å². The summed E-state index contributed by atoms with van der Waals surface area (Å²) < 4.78 is 0. The average molecular weight is 439 g/mol. The fraction of sp³-hybridized carbons (Fsp3) is 0.167. The summed E-state index contributed by atoms with van der Waals surface area (Å²) in [7, 11) is 0. The van der Waals surface area contributed by atoms with Crippen LogP contribution in [-0.2, 0) is 9.59 Å². The van der Waals surface area contributed by atoms with E-state index < -0.39 is 5.25 Å². The van der Waals surface area contributed by atoms with E-state index in [9.17, 15) is 9.59 Å². The highest BCUT2D eigenvalue weighted by Gasteiger charge is 2.22. The van der Waals surface area contributed by atoms with Gasteiger partial charge in [0.15, 0.2) is 0 Å². The van der Waals surface area contributed by atoms with Gasteiger partial charge in [0.05, 0.1) is 10.7 Å². The number of anilines is 2. The van der Waals surface area contributed by atoms with Crippen LogP contribution in [0.3, 0.4) is 0 Å². The molecule has 0 saturated heterocycles. The lowest BCUT2D eigenvalue weighted by Gasteiger charge is -2.18. The molecule has 0 fully saturated rings. The minimum Gasteiger partial charge on any atom is -0.326 e. The van der Waals surface area contributed by atoms with E-state index in [0.717, 1.165) is 22.6 Å². The second-order valence-corrected chi connectivity index (χ2v) is 8.29. The van der Waals surface area contributed by atoms with Crippen molar-refractivity contribution in [1.29, 1.82) is 0 Å². The molecule has 0 aliphatic rings. The molecule has 3 rings (SSSR count). The summed E-state index contributed by atoms with van der Waals surface area (Å²) >= 11 is 7.65. The smallest absolute Gasteiger partial charge is 0.242 e. The van der Waals surface area contributed by atoms with Crippen LogP contribution in [0.1, 0.15) is 30.6 Å². The third-order valence-corrected chi connectivity index (χ3v) is 5.94. The lowest BCUT2D eigenvalue weighted by molar-refractivity contribution is -0.116. The average Bonchev–Trinajstić information content (AvgIpc) is 2.75. The molecule has 154 valence electrons. The molecule has 30 heavy (non-hydrogen) atoms. The normalized spacial score (nSPS) is 11.5. The number of thioether (sulfide) groups is 1. The molecular weight excluding hydrogens is 416 g/mol. The van der Waals surface area contributed by atoms with E-state index in [1.165, 1.54) is 11.8 Å². The maximum atomic E-state index is 13.1. The molecule has 0 aliphatic heterocycles. The number of nitrogens with one attached hydrogen (secondary N) is 2. The van der Waals surface area contributed by atoms with Crippen LogP contribution in [0, 0.1) is 0 Å². The summed E-state index contributed by atoms with van der Waals surface area (Å²) in [5, 5.41) is 5.85. The minimum atomic E-state index is -0.456. The molecule has 3 aromatic carbocycles. The Bertz CT molecular complexity index is 994. The second kappa shape index (κ2) is 10.9. The van der Waals surface area contributed by atoms with Crippen molar-refractivity contribution in [2.75, 3.05) is 10.6 Å². The molecule has 3 aromatic rings. The fourth-order valence-electron chi connectivity index (χ4n) is 2.87. The van der Waals surface area contributed by atoms with Gasteiger partial charge in [-0.2, -0.15) is 0 Å². The van der Waals surface area contributed by atoms with E-state index in [4.69, 9.17) is 11.6 Å². The summed E-state index contributed by atoms with van der Waals surface area (Å²) in [5.74, 6) is -0.154. The predicted molar refractivity (Wildman–Crippen MR) is 125 cm³/mol. The van der Waals surface area contributed by atoms with Gasteiger partial charge in [-0.3, -0.25) is 9.59 Å². The summed E-state index contributed by atoms with van der Waals surface area (Å²) in [6.45, 7) is 1.97. The van der Waals surface area contributed by atoms with Crippen LogP contribution in [0.15, 0.2) is 83.8 Å². The van der Waals surface area contributed by atoms with Crippen LogP contribution in [0.5, 0.6) is 0 Å². The van der Waals surface area contributed by atoms with Gasteiger partial charge >= 0.3 is 0 Å². The van der Waals surface area contributed by atoms with Crippen LogP contribution in [0.4, 0.5) is 11.4 Å². The maximum absolute atomic E-state index is 13.1. The fourth-order valence-corrected chi connectivity index (χ4v) is 4.07. The topological polar surface area (TPSA) is 58.2 Å². The number of hydrogen-bond acceptors (Lipinski definition) is 3. The Kier molecular flexibility index (Phi) is 7.94. The van der Waals surface area contributed by atoms with Crippen LogP contribution < -0.4 is 10.6 Å². The highest BCUT2D eigenvalue weighted by atomic mass is 35.5. The van der Waals surface area contributed by atoms with Crippen molar-refractivity contribution >= 4 is 46.6 Å². The largest absolute Gasteiger partial charge is 0.326 e. The van der Waals surface area contributed by atoms with Crippen molar-refractivity contribution in [1.82, 2.24) is 0 Å². The molecule has 2 amide bonds. The van der Waals surface area contributed by atoms with Crippen LogP contribution in [0.2, 0.25) is 5.02 Å². The van der Waals surface area contributed by atoms with Gasteiger partial charge in [-0.05, 0) is 48.4 Å². The first-order valence-electron chi connectivity index (χ1n) is 9.73. The van der Waals surface area contributed by atoms with Crippen molar-refractivity contribution in [2.45, 2.75) is 29.9 Å². The van der Waals surface area contributed by atoms with E-state index in [1.54, 1.807) is 12.1 Å². The van der Waals surface area contributed by atoms with E-state index >= 15 is 0 Å². The number of para-hydroxylation sites is 1. The van der Waals surface area contributed by atoms with Crippen molar-refractivity contribution in [3.63, 3.8) is 0 Å². The Morgan fingerprint density at radius 3 is 2.23 bits per heavy atom. The molecule has 0 aromatic heterocycles. The summed E-state index contributed by atoms with van der Waals surface area (Å²) in [5.41, 5.74) is 2.22. The first-order chi connectivity index (χ1) is 14.6. The molecule has 0 saturated carbocycles. The number of halogens is 1. The first-order valence-corrected chi connectivity index (χ1v) is 11.0. The van der Waals surface area contributed by atoms with Crippen molar-refractivity contribution in [3.05, 3.63) is 89.4 Å². The standard InChI is InChI=1S/C24H23ClN2O2S/c1-2-8-22(28)26-18-13-15-19(16-14-18)30-23(17-9-4-3-5-10-17)24(29)27-21-12-7-6-11-20(21)25/h3-7,9-16,23H,2,8H2,1H3,(H,26,28)(H,27,29). The molecule has 0 aliphatic carbocycles. The monoisotopic (exact) mass is 438 g/mol. The lowest BCUT2D eigenvalue weighted by atomic mass is 10.1. The molecule has 0 bridgehead atoms. The highest BCUT2D eigenvalue weighted by molar-refractivity contribution is 8.00. The summed E-state index contributed by atoms with van der Waals surface area (Å²) in [6, 6.07) is 24.3. The summed E-state index contributed by atoms with van der Waals surface area (Å²) in [4.78, 5) is 25.8.